The number of hydrogen-bond acceptors (Lipinski definition) is 8. The molecule has 8 heteroatoms. The first-order chi connectivity index (χ1) is 26.1. The average molecular weight is 757 g/mol. The molecule has 0 N–H and O–H groups in total. The molecule has 5 rings (SSSR count). The summed E-state index contributed by atoms with van der Waals surface area (Å²) in [5, 5.41) is 0. The second-order valence-corrected chi connectivity index (χ2v) is 16.4. The van der Waals surface area contributed by atoms with Crippen LogP contribution in [0.4, 0.5) is 9.59 Å². The summed E-state index contributed by atoms with van der Waals surface area (Å²) >= 11 is 0. The minimum Gasteiger partial charge on any atom is -0.426 e. The van der Waals surface area contributed by atoms with Crippen LogP contribution in [-0.2, 0) is 21.0 Å². The van der Waals surface area contributed by atoms with Crippen molar-refractivity contribution in [3.63, 3.8) is 0 Å². The Morgan fingerprint density at radius 2 is 0.679 bits per heavy atom. The third-order valence-corrected chi connectivity index (χ3v) is 10.3. The quantitative estimate of drug-likeness (QED) is 0.0833. The largest absolute Gasteiger partial charge is 0.519 e. The monoisotopic (exact) mass is 756 g/mol. The van der Waals surface area contributed by atoms with Gasteiger partial charge in [0.15, 0.2) is 0 Å². The van der Waals surface area contributed by atoms with Crippen molar-refractivity contribution < 1.29 is 38.1 Å². The van der Waals surface area contributed by atoms with Crippen LogP contribution < -0.4 is 23.7 Å². The molecular weight excluding hydrogens is 705 g/mol. The third-order valence-electron chi connectivity index (χ3n) is 10.3. The van der Waals surface area contributed by atoms with E-state index in [1.54, 1.807) is 30.3 Å². The molecule has 0 aliphatic carbocycles. The van der Waals surface area contributed by atoms with E-state index >= 15 is 0 Å². The molecule has 0 heterocycles. The fourth-order valence-electron chi connectivity index (χ4n) is 6.53. The van der Waals surface area contributed by atoms with Gasteiger partial charge in [-0.25, -0.2) is 9.59 Å². The highest BCUT2D eigenvalue weighted by molar-refractivity contribution is 5.70. The summed E-state index contributed by atoms with van der Waals surface area (Å²) in [5.74, 6) is 1.80. The minimum atomic E-state index is -0.835. The van der Waals surface area contributed by atoms with Crippen LogP contribution in [-0.4, -0.2) is 18.3 Å². The number of benzene rings is 5. The molecule has 0 fully saturated rings. The lowest BCUT2D eigenvalue weighted by Gasteiger charge is -2.28. The van der Waals surface area contributed by atoms with Crippen LogP contribution in [0.3, 0.4) is 0 Å². The van der Waals surface area contributed by atoms with E-state index in [1.807, 2.05) is 94.4 Å². The van der Waals surface area contributed by atoms with Gasteiger partial charge in [0.05, 0.1) is 0 Å². The lowest BCUT2D eigenvalue weighted by Crippen LogP contribution is -2.21. The lowest BCUT2D eigenvalue weighted by atomic mass is 9.77. The fraction of sp³-hybridized carbons (Fsp3) is 0.312. The Morgan fingerprint density at radius 3 is 0.964 bits per heavy atom. The second-order valence-electron chi connectivity index (χ2n) is 16.4. The molecule has 0 saturated carbocycles. The van der Waals surface area contributed by atoms with E-state index in [2.05, 4.69) is 48.5 Å². The molecule has 0 atom stereocenters. The zero-order valence-corrected chi connectivity index (χ0v) is 34.5. The maximum Gasteiger partial charge on any atom is 0.519 e. The van der Waals surface area contributed by atoms with E-state index in [-0.39, 0.29) is 16.8 Å². The summed E-state index contributed by atoms with van der Waals surface area (Å²) in [6.07, 6.45) is -1.64. The smallest absolute Gasteiger partial charge is 0.426 e. The number of esters is 1. The summed E-state index contributed by atoms with van der Waals surface area (Å²) in [7, 11) is 0. The predicted octanol–water partition coefficient (Wildman–Crippen LogP) is 12.0. The van der Waals surface area contributed by atoms with E-state index in [0.717, 1.165) is 50.1 Å². The SMILES string of the molecule is CC(=O)Oc1ccc(C(C)(C)c2ccc(OC(=O)Oc3ccc(C(C)(C)c4ccc(OC(=O)Oc5ccc(C(C)(C)C)cc5)c(C)c4)cc3C)c(C)c2)cc1C. The predicted molar refractivity (Wildman–Crippen MR) is 219 cm³/mol. The highest BCUT2D eigenvalue weighted by Gasteiger charge is 2.27. The molecule has 56 heavy (non-hydrogen) atoms. The molecule has 0 unspecified atom stereocenters. The average Bonchev–Trinajstić information content (AvgIpc) is 3.11. The zero-order chi connectivity index (χ0) is 41.2. The number of hydrogen-bond donors (Lipinski definition) is 0. The number of ether oxygens (including phenoxy) is 5. The van der Waals surface area contributed by atoms with Crippen LogP contribution in [0.15, 0.2) is 97.1 Å². The maximum atomic E-state index is 13.0. The van der Waals surface area contributed by atoms with Gasteiger partial charge in [0.2, 0.25) is 0 Å². The summed E-state index contributed by atoms with van der Waals surface area (Å²) in [4.78, 5) is 37.1. The number of carbonyl (C=O) groups excluding carboxylic acids is 3. The van der Waals surface area contributed by atoms with Crippen molar-refractivity contribution in [3.8, 4) is 28.7 Å². The Kier molecular flexibility index (Phi) is 11.8. The Bertz CT molecular complexity index is 2270. The molecule has 0 amide bonds. The van der Waals surface area contributed by atoms with E-state index in [0.29, 0.717) is 28.7 Å². The molecule has 5 aromatic carbocycles. The van der Waals surface area contributed by atoms with Crippen LogP contribution in [0.25, 0.3) is 0 Å². The highest BCUT2D eigenvalue weighted by atomic mass is 16.7. The van der Waals surface area contributed by atoms with E-state index in [1.165, 1.54) is 6.92 Å². The van der Waals surface area contributed by atoms with Crippen molar-refractivity contribution in [2.75, 3.05) is 0 Å². The molecule has 0 spiro atoms. The first-order valence-corrected chi connectivity index (χ1v) is 18.7. The van der Waals surface area contributed by atoms with Gasteiger partial charge >= 0.3 is 18.3 Å². The molecule has 0 saturated heterocycles. The van der Waals surface area contributed by atoms with Crippen LogP contribution in [0.1, 0.15) is 105 Å². The Balaban J connectivity index is 1.22. The van der Waals surface area contributed by atoms with Crippen LogP contribution >= 0.6 is 0 Å². The minimum absolute atomic E-state index is 0.00657. The van der Waals surface area contributed by atoms with E-state index in [9.17, 15) is 14.4 Å². The van der Waals surface area contributed by atoms with E-state index < -0.39 is 17.7 Å². The summed E-state index contributed by atoms with van der Waals surface area (Å²) in [6, 6.07) is 30.3. The summed E-state index contributed by atoms with van der Waals surface area (Å²) in [6.45, 7) is 23.8. The molecule has 0 aliphatic rings. The van der Waals surface area contributed by atoms with Gasteiger partial charge in [0, 0.05) is 17.8 Å². The molecule has 0 radical (unpaired) electrons. The van der Waals surface area contributed by atoms with Crippen molar-refractivity contribution in [2.45, 2.75) is 99.3 Å². The van der Waals surface area contributed by atoms with Crippen LogP contribution in [0.2, 0.25) is 0 Å². The van der Waals surface area contributed by atoms with Gasteiger partial charge in [-0.1, -0.05) is 109 Å². The molecule has 292 valence electrons. The van der Waals surface area contributed by atoms with Crippen molar-refractivity contribution >= 4 is 18.3 Å². The van der Waals surface area contributed by atoms with Crippen molar-refractivity contribution in [1.29, 1.82) is 0 Å². The van der Waals surface area contributed by atoms with E-state index in [4.69, 9.17) is 23.7 Å². The molecule has 0 bridgehead atoms. The number of aryl methyl sites for hydroxylation is 4. The molecule has 0 aromatic heterocycles. The second kappa shape index (κ2) is 16.1. The first kappa shape index (κ1) is 41.3. The highest BCUT2D eigenvalue weighted by Crippen LogP contribution is 2.38. The standard InChI is InChI=1S/C48H52O8/c1-29-25-35(15-21-40(29)52-33(5)49)47(9,10)37-17-23-42(31(3)27-37)55-45(51)56-43-24-18-38(28-32(43)4)48(11,12)36-16-22-41(30(2)26-36)54-44(50)53-39-19-13-34(14-20-39)46(6,7)8/h13-28H,1-12H3. The Hall–Kier alpha value is -5.89. The molecule has 0 aliphatic heterocycles. The molecular formula is C48H52O8. The van der Waals surface area contributed by atoms with Gasteiger partial charge in [-0.15, -0.1) is 0 Å². The van der Waals surface area contributed by atoms with Crippen LogP contribution in [0, 0.1) is 27.7 Å². The summed E-state index contributed by atoms with van der Waals surface area (Å²) < 4.78 is 27.6. The van der Waals surface area contributed by atoms with Crippen molar-refractivity contribution in [2.24, 2.45) is 0 Å². The van der Waals surface area contributed by atoms with Gasteiger partial charge in [0.25, 0.3) is 0 Å². The topological polar surface area (TPSA) is 97.4 Å². The third kappa shape index (κ3) is 9.48. The Morgan fingerprint density at radius 1 is 0.393 bits per heavy atom. The van der Waals surface area contributed by atoms with Gasteiger partial charge < -0.3 is 23.7 Å². The fourth-order valence-corrected chi connectivity index (χ4v) is 6.53. The number of carbonyl (C=O) groups is 3. The maximum absolute atomic E-state index is 13.0. The van der Waals surface area contributed by atoms with Crippen molar-refractivity contribution in [3.05, 3.63) is 147 Å². The van der Waals surface area contributed by atoms with Gasteiger partial charge in [-0.2, -0.15) is 0 Å². The zero-order valence-electron chi connectivity index (χ0n) is 34.5. The Labute approximate surface area is 330 Å². The molecule has 5 aromatic rings. The van der Waals surface area contributed by atoms with Gasteiger partial charge in [0.1, 0.15) is 28.7 Å². The number of rotatable bonds is 9. The van der Waals surface area contributed by atoms with Crippen LogP contribution in [0.5, 0.6) is 28.7 Å². The lowest BCUT2D eigenvalue weighted by molar-refractivity contribution is -0.131. The molecule has 8 nitrogen and oxygen atoms in total. The van der Waals surface area contributed by atoms with Crippen molar-refractivity contribution in [1.82, 2.24) is 0 Å². The summed E-state index contributed by atoms with van der Waals surface area (Å²) in [5.41, 5.74) is 7.63. The van der Waals surface area contributed by atoms with Gasteiger partial charge in [-0.3, -0.25) is 4.79 Å². The van der Waals surface area contributed by atoms with Gasteiger partial charge in [-0.05, 0) is 120 Å². The first-order valence-electron chi connectivity index (χ1n) is 18.7. The normalized spacial score (nSPS) is 11.8.